The standard InChI is InChI=1S/C28H24FN3O4/c1-18(19-8-4-2-5-9-19)36-27(35)31-25-23(29)17-30-32(25)24-16-21(28(14-15-28)26(33)34)12-13-22(24)20-10-6-3-7-11-20/h2-13,16-18H,14-15H2,1H3,(H,31,35)(H,33,34). The third-order valence-corrected chi connectivity index (χ3v) is 6.52. The van der Waals surface area contributed by atoms with Crippen LogP contribution in [0.3, 0.4) is 0 Å². The van der Waals surface area contributed by atoms with E-state index in [0.29, 0.717) is 29.7 Å². The molecule has 0 radical (unpaired) electrons. The molecular weight excluding hydrogens is 461 g/mol. The van der Waals surface area contributed by atoms with Gasteiger partial charge in [-0.2, -0.15) is 5.10 Å². The van der Waals surface area contributed by atoms with E-state index in [1.54, 1.807) is 19.1 Å². The molecule has 1 aliphatic rings. The Morgan fingerprint density at radius 3 is 2.36 bits per heavy atom. The third-order valence-electron chi connectivity index (χ3n) is 6.52. The highest BCUT2D eigenvalue weighted by Crippen LogP contribution is 2.49. The van der Waals surface area contributed by atoms with Gasteiger partial charge in [-0.1, -0.05) is 72.8 Å². The number of ether oxygens (including phenoxy) is 1. The van der Waals surface area contributed by atoms with Gasteiger partial charge in [0.05, 0.1) is 17.3 Å². The molecule has 4 aromatic rings. The number of anilines is 1. The number of carboxylic acid groups (broad SMARTS) is 1. The normalized spacial score (nSPS) is 14.6. The van der Waals surface area contributed by atoms with Crippen molar-refractivity contribution >= 4 is 17.9 Å². The summed E-state index contributed by atoms with van der Waals surface area (Å²) >= 11 is 0. The Bertz CT molecular complexity index is 1420. The fraction of sp³-hybridized carbons (Fsp3) is 0.179. The Kier molecular flexibility index (Phi) is 6.01. The zero-order valence-electron chi connectivity index (χ0n) is 19.5. The van der Waals surface area contributed by atoms with Crippen molar-refractivity contribution in [2.75, 3.05) is 5.32 Å². The predicted octanol–water partition coefficient (Wildman–Crippen LogP) is 6.10. The molecule has 0 aliphatic heterocycles. The van der Waals surface area contributed by atoms with E-state index in [9.17, 15) is 19.1 Å². The molecule has 182 valence electrons. The van der Waals surface area contributed by atoms with Gasteiger partial charge in [0.25, 0.3) is 0 Å². The molecule has 5 rings (SSSR count). The number of amides is 1. The lowest BCUT2D eigenvalue weighted by molar-refractivity contribution is -0.140. The Labute approximate surface area is 207 Å². The van der Waals surface area contributed by atoms with Crippen molar-refractivity contribution in [3.63, 3.8) is 0 Å². The number of rotatable bonds is 7. The van der Waals surface area contributed by atoms with Crippen molar-refractivity contribution in [1.29, 1.82) is 0 Å². The van der Waals surface area contributed by atoms with Crippen LogP contribution in [0.5, 0.6) is 0 Å². The van der Waals surface area contributed by atoms with E-state index in [2.05, 4.69) is 10.4 Å². The Balaban J connectivity index is 1.52. The van der Waals surface area contributed by atoms with Crippen molar-refractivity contribution in [2.45, 2.75) is 31.3 Å². The molecule has 8 heteroatoms. The summed E-state index contributed by atoms with van der Waals surface area (Å²) in [6.07, 6.45) is 0.651. The minimum Gasteiger partial charge on any atom is -0.481 e. The van der Waals surface area contributed by atoms with Crippen LogP contribution < -0.4 is 5.32 Å². The summed E-state index contributed by atoms with van der Waals surface area (Å²) in [6, 6.07) is 23.9. The number of aliphatic carboxylic acids is 1. The first-order valence-electron chi connectivity index (χ1n) is 11.6. The van der Waals surface area contributed by atoms with Gasteiger partial charge in [-0.25, -0.2) is 13.9 Å². The number of hydrogen-bond donors (Lipinski definition) is 2. The van der Waals surface area contributed by atoms with Crippen LogP contribution >= 0.6 is 0 Å². The van der Waals surface area contributed by atoms with Crippen molar-refractivity contribution in [2.24, 2.45) is 0 Å². The molecule has 1 heterocycles. The van der Waals surface area contributed by atoms with Crippen LogP contribution in [0.1, 0.15) is 37.0 Å². The van der Waals surface area contributed by atoms with Gasteiger partial charge >= 0.3 is 12.1 Å². The van der Waals surface area contributed by atoms with Crippen molar-refractivity contribution in [3.05, 3.63) is 102 Å². The molecule has 0 saturated heterocycles. The van der Waals surface area contributed by atoms with Gasteiger partial charge in [-0.05, 0) is 42.5 Å². The molecule has 1 fully saturated rings. The third kappa shape index (κ3) is 4.33. The van der Waals surface area contributed by atoms with E-state index in [-0.39, 0.29) is 5.82 Å². The molecule has 1 unspecified atom stereocenters. The lowest BCUT2D eigenvalue weighted by Crippen LogP contribution is -2.21. The topological polar surface area (TPSA) is 93.5 Å². The van der Waals surface area contributed by atoms with Crippen molar-refractivity contribution < 1.29 is 23.8 Å². The van der Waals surface area contributed by atoms with Crippen LogP contribution in [0.25, 0.3) is 16.8 Å². The first kappa shape index (κ1) is 23.3. The van der Waals surface area contributed by atoms with E-state index in [4.69, 9.17) is 4.74 Å². The first-order chi connectivity index (χ1) is 17.4. The van der Waals surface area contributed by atoms with Crippen molar-refractivity contribution in [3.8, 4) is 16.8 Å². The second kappa shape index (κ2) is 9.30. The molecule has 1 aromatic heterocycles. The van der Waals surface area contributed by atoms with Gasteiger partial charge in [0.1, 0.15) is 6.10 Å². The zero-order valence-corrected chi connectivity index (χ0v) is 19.5. The number of halogens is 1. The number of nitrogens with zero attached hydrogens (tertiary/aromatic N) is 2. The van der Waals surface area contributed by atoms with Crippen molar-refractivity contribution in [1.82, 2.24) is 9.78 Å². The summed E-state index contributed by atoms with van der Waals surface area (Å²) in [4.78, 5) is 24.7. The number of hydrogen-bond acceptors (Lipinski definition) is 4. The maximum Gasteiger partial charge on any atom is 0.413 e. The molecular formula is C28H24FN3O4. The fourth-order valence-electron chi connectivity index (χ4n) is 4.32. The van der Waals surface area contributed by atoms with Crippen LogP contribution in [-0.4, -0.2) is 26.9 Å². The van der Waals surface area contributed by atoms with Gasteiger partial charge in [-0.3, -0.25) is 10.1 Å². The molecule has 1 amide bonds. The van der Waals surface area contributed by atoms with Gasteiger partial charge < -0.3 is 9.84 Å². The average molecular weight is 486 g/mol. The van der Waals surface area contributed by atoms with Gasteiger partial charge in [0.15, 0.2) is 11.6 Å². The maximum atomic E-state index is 14.9. The summed E-state index contributed by atoms with van der Waals surface area (Å²) in [7, 11) is 0. The first-order valence-corrected chi connectivity index (χ1v) is 11.6. The van der Waals surface area contributed by atoms with E-state index < -0.39 is 29.4 Å². The number of carbonyl (C=O) groups is 2. The largest absolute Gasteiger partial charge is 0.481 e. The Hall–Kier alpha value is -4.46. The molecule has 2 N–H and O–H groups in total. The van der Waals surface area contributed by atoms with E-state index in [1.165, 1.54) is 4.68 Å². The molecule has 0 bridgehead atoms. The summed E-state index contributed by atoms with van der Waals surface area (Å²) in [6.45, 7) is 1.72. The number of carboxylic acids is 1. The molecule has 1 aliphatic carbocycles. The molecule has 1 atom stereocenters. The smallest absolute Gasteiger partial charge is 0.413 e. The summed E-state index contributed by atoms with van der Waals surface area (Å²) < 4.78 is 21.6. The molecule has 36 heavy (non-hydrogen) atoms. The molecule has 0 spiro atoms. The lowest BCUT2D eigenvalue weighted by atomic mass is 9.92. The Morgan fingerprint density at radius 1 is 1.06 bits per heavy atom. The molecule has 3 aromatic carbocycles. The summed E-state index contributed by atoms with van der Waals surface area (Å²) in [5.74, 6) is -1.85. The van der Waals surface area contributed by atoms with Gasteiger partial charge in [-0.15, -0.1) is 0 Å². The van der Waals surface area contributed by atoms with Crippen LogP contribution in [0.2, 0.25) is 0 Å². The molecule has 7 nitrogen and oxygen atoms in total. The summed E-state index contributed by atoms with van der Waals surface area (Å²) in [5, 5.41) is 16.5. The monoisotopic (exact) mass is 485 g/mol. The second-order valence-electron chi connectivity index (χ2n) is 8.82. The van der Waals surface area contributed by atoms with Crippen LogP contribution in [0, 0.1) is 5.82 Å². The van der Waals surface area contributed by atoms with Crippen LogP contribution in [0.15, 0.2) is 85.1 Å². The van der Waals surface area contributed by atoms with E-state index in [0.717, 1.165) is 17.3 Å². The highest BCUT2D eigenvalue weighted by atomic mass is 19.1. The van der Waals surface area contributed by atoms with E-state index in [1.807, 2.05) is 66.7 Å². The Morgan fingerprint density at radius 2 is 1.72 bits per heavy atom. The van der Waals surface area contributed by atoms with Gasteiger partial charge in [0, 0.05) is 5.56 Å². The number of nitrogens with one attached hydrogen (secondary N) is 1. The summed E-state index contributed by atoms with van der Waals surface area (Å²) in [5.41, 5.74) is 2.42. The second-order valence-corrected chi connectivity index (χ2v) is 8.82. The lowest BCUT2D eigenvalue weighted by Gasteiger charge is -2.18. The van der Waals surface area contributed by atoms with E-state index >= 15 is 0 Å². The fourth-order valence-corrected chi connectivity index (χ4v) is 4.32. The number of carbonyl (C=O) groups excluding carboxylic acids is 1. The zero-order chi connectivity index (χ0) is 25.3. The highest BCUT2D eigenvalue weighted by molar-refractivity contribution is 5.87. The highest BCUT2D eigenvalue weighted by Gasteiger charge is 2.52. The molecule has 1 saturated carbocycles. The number of benzene rings is 3. The maximum absolute atomic E-state index is 14.9. The van der Waals surface area contributed by atoms with Crippen LogP contribution in [-0.2, 0) is 14.9 Å². The van der Waals surface area contributed by atoms with Crippen LogP contribution in [0.4, 0.5) is 15.0 Å². The quantitative estimate of drug-likeness (QED) is 0.330. The van der Waals surface area contributed by atoms with Gasteiger partial charge in [0.2, 0.25) is 0 Å². The SMILES string of the molecule is CC(OC(=O)Nc1c(F)cnn1-c1cc(C2(C(=O)O)CC2)ccc1-c1ccccc1)c1ccccc1. The predicted molar refractivity (Wildman–Crippen MR) is 132 cm³/mol. The minimum absolute atomic E-state index is 0.199. The minimum atomic E-state index is -0.965. The number of aromatic nitrogens is 2. The average Bonchev–Trinajstić information content (AvgIpc) is 3.64.